The van der Waals surface area contributed by atoms with Crippen molar-refractivity contribution in [1.82, 2.24) is 14.9 Å². The summed E-state index contributed by atoms with van der Waals surface area (Å²) >= 11 is 0. The molecule has 140 valence electrons. The average Bonchev–Trinajstić information content (AvgIpc) is 3.15. The number of nitrogens with two attached hydrogens (primary N) is 1. The number of hydrogen-bond donors (Lipinski definition) is 3. The molecule has 6 heteroatoms. The van der Waals surface area contributed by atoms with Crippen molar-refractivity contribution in [2.75, 3.05) is 36.0 Å². The van der Waals surface area contributed by atoms with Gasteiger partial charge in [-0.15, -0.1) is 0 Å². The number of nitrogens with zero attached hydrogens (tertiary/aromatic N) is 3. The third kappa shape index (κ3) is 5.33. The van der Waals surface area contributed by atoms with Gasteiger partial charge < -0.3 is 16.4 Å². The number of hydrogen-bond acceptors (Lipinski definition) is 6. The van der Waals surface area contributed by atoms with Crippen LogP contribution in [0.2, 0.25) is 0 Å². The first-order valence-corrected chi connectivity index (χ1v) is 9.65. The summed E-state index contributed by atoms with van der Waals surface area (Å²) in [5.41, 5.74) is 9.19. The molecule has 26 heavy (non-hydrogen) atoms. The number of benzene rings is 1. The Morgan fingerprint density at radius 3 is 2.77 bits per heavy atom. The Morgan fingerprint density at radius 1 is 1.15 bits per heavy atom. The lowest BCUT2D eigenvalue weighted by Crippen LogP contribution is -2.18. The van der Waals surface area contributed by atoms with Gasteiger partial charge >= 0.3 is 0 Å². The summed E-state index contributed by atoms with van der Waals surface area (Å²) in [6.07, 6.45) is 6.54. The fraction of sp³-hybridized carbons (Fsp3) is 0.500. The standard InChI is InChI=1S/C20H30N6/c1-2-3-9-22-20-24-14-18(21)19(25-20)23-13-16-7-6-8-17(12-16)15-26-10-4-5-11-26/h6-8,12,14H,2-5,9-11,13,15,21H2,1H3,(H2,22,23,24,25). The first-order valence-electron chi connectivity index (χ1n) is 9.65. The smallest absolute Gasteiger partial charge is 0.224 e. The molecule has 4 N–H and O–H groups in total. The topological polar surface area (TPSA) is 79.1 Å². The van der Waals surface area contributed by atoms with E-state index in [4.69, 9.17) is 5.73 Å². The molecule has 0 radical (unpaired) electrons. The second-order valence-electron chi connectivity index (χ2n) is 6.93. The molecule has 0 aliphatic carbocycles. The Balaban J connectivity index is 1.58. The summed E-state index contributed by atoms with van der Waals surface area (Å²) in [6, 6.07) is 8.74. The Bertz CT molecular complexity index is 696. The minimum atomic E-state index is 0.569. The largest absolute Gasteiger partial charge is 0.394 e. The highest BCUT2D eigenvalue weighted by atomic mass is 15.1. The van der Waals surface area contributed by atoms with Crippen molar-refractivity contribution in [3.63, 3.8) is 0 Å². The van der Waals surface area contributed by atoms with Crippen molar-refractivity contribution < 1.29 is 0 Å². The first kappa shape index (κ1) is 18.5. The predicted molar refractivity (Wildman–Crippen MR) is 108 cm³/mol. The van der Waals surface area contributed by atoms with Crippen LogP contribution in [0.5, 0.6) is 0 Å². The average molecular weight is 355 g/mol. The number of nitrogen functional groups attached to an aromatic ring is 1. The number of unbranched alkanes of at least 4 members (excludes halogenated alkanes) is 1. The SMILES string of the molecule is CCCCNc1ncc(N)c(NCc2cccc(CN3CCCC3)c2)n1. The number of aromatic nitrogens is 2. The lowest BCUT2D eigenvalue weighted by molar-refractivity contribution is 0.331. The van der Waals surface area contributed by atoms with Crippen molar-refractivity contribution in [2.24, 2.45) is 0 Å². The van der Waals surface area contributed by atoms with Gasteiger partial charge in [0.05, 0.1) is 11.9 Å². The van der Waals surface area contributed by atoms with Gasteiger partial charge in [0.2, 0.25) is 5.95 Å². The molecule has 0 saturated carbocycles. The van der Waals surface area contributed by atoms with Crippen LogP contribution in [0.4, 0.5) is 17.5 Å². The molecule has 2 aromatic rings. The first-order chi connectivity index (χ1) is 12.7. The van der Waals surface area contributed by atoms with E-state index in [-0.39, 0.29) is 0 Å². The van der Waals surface area contributed by atoms with E-state index in [2.05, 4.69) is 56.7 Å². The van der Waals surface area contributed by atoms with E-state index in [0.717, 1.165) is 25.9 Å². The van der Waals surface area contributed by atoms with Crippen LogP contribution in [-0.4, -0.2) is 34.5 Å². The molecule has 0 spiro atoms. The van der Waals surface area contributed by atoms with Crippen LogP contribution in [0, 0.1) is 0 Å². The second kappa shape index (κ2) is 9.38. The van der Waals surface area contributed by atoms with Crippen molar-refractivity contribution in [2.45, 2.75) is 45.7 Å². The van der Waals surface area contributed by atoms with Gasteiger partial charge in [0.25, 0.3) is 0 Å². The molecule has 0 unspecified atom stereocenters. The van der Waals surface area contributed by atoms with E-state index >= 15 is 0 Å². The molecule has 0 atom stereocenters. The Labute approximate surface area is 156 Å². The zero-order chi connectivity index (χ0) is 18.2. The van der Waals surface area contributed by atoms with Crippen molar-refractivity contribution >= 4 is 17.5 Å². The maximum absolute atomic E-state index is 6.03. The molecule has 1 fully saturated rings. The van der Waals surface area contributed by atoms with Crippen LogP contribution in [-0.2, 0) is 13.1 Å². The highest BCUT2D eigenvalue weighted by Gasteiger charge is 2.12. The van der Waals surface area contributed by atoms with Crippen LogP contribution >= 0.6 is 0 Å². The zero-order valence-corrected chi connectivity index (χ0v) is 15.7. The molecule has 1 aromatic carbocycles. The Hall–Kier alpha value is -2.34. The molecule has 1 aliphatic heterocycles. The minimum absolute atomic E-state index is 0.569. The van der Waals surface area contributed by atoms with Gasteiger partial charge in [0.15, 0.2) is 5.82 Å². The summed E-state index contributed by atoms with van der Waals surface area (Å²) in [7, 11) is 0. The number of rotatable bonds is 9. The van der Waals surface area contributed by atoms with Crippen LogP contribution < -0.4 is 16.4 Å². The lowest BCUT2D eigenvalue weighted by Gasteiger charge is -2.15. The molecule has 2 heterocycles. The van der Waals surface area contributed by atoms with E-state index in [0.29, 0.717) is 24.0 Å². The van der Waals surface area contributed by atoms with Crippen LogP contribution in [0.3, 0.4) is 0 Å². The highest BCUT2D eigenvalue weighted by molar-refractivity contribution is 5.61. The monoisotopic (exact) mass is 354 g/mol. The minimum Gasteiger partial charge on any atom is -0.394 e. The number of nitrogens with one attached hydrogen (secondary N) is 2. The van der Waals surface area contributed by atoms with Crippen LogP contribution in [0.1, 0.15) is 43.7 Å². The lowest BCUT2D eigenvalue weighted by atomic mass is 10.1. The maximum Gasteiger partial charge on any atom is 0.224 e. The Kier molecular flexibility index (Phi) is 6.66. The van der Waals surface area contributed by atoms with E-state index < -0.39 is 0 Å². The van der Waals surface area contributed by atoms with E-state index in [1.165, 1.54) is 37.1 Å². The van der Waals surface area contributed by atoms with E-state index in [1.807, 2.05) is 0 Å². The summed E-state index contributed by atoms with van der Waals surface area (Å²) in [5, 5.41) is 6.59. The molecule has 1 saturated heterocycles. The summed E-state index contributed by atoms with van der Waals surface area (Å²) in [5.74, 6) is 1.31. The molecule has 6 nitrogen and oxygen atoms in total. The molecular formula is C20H30N6. The zero-order valence-electron chi connectivity index (χ0n) is 15.7. The maximum atomic E-state index is 6.03. The van der Waals surface area contributed by atoms with Gasteiger partial charge in [-0.05, 0) is 43.5 Å². The van der Waals surface area contributed by atoms with Crippen LogP contribution in [0.15, 0.2) is 30.5 Å². The van der Waals surface area contributed by atoms with Gasteiger partial charge in [-0.3, -0.25) is 4.90 Å². The molecule has 0 amide bonds. The van der Waals surface area contributed by atoms with Gasteiger partial charge in [0.1, 0.15) is 0 Å². The molecule has 0 bridgehead atoms. The van der Waals surface area contributed by atoms with Gasteiger partial charge in [-0.2, -0.15) is 4.98 Å². The van der Waals surface area contributed by atoms with Crippen LogP contribution in [0.25, 0.3) is 0 Å². The third-order valence-corrected chi connectivity index (χ3v) is 4.69. The summed E-state index contributed by atoms with van der Waals surface area (Å²) < 4.78 is 0. The normalized spacial score (nSPS) is 14.5. The van der Waals surface area contributed by atoms with Gasteiger partial charge in [-0.25, -0.2) is 4.98 Å². The van der Waals surface area contributed by atoms with Gasteiger partial charge in [-0.1, -0.05) is 37.6 Å². The van der Waals surface area contributed by atoms with Gasteiger partial charge in [0, 0.05) is 19.6 Å². The molecule has 1 aromatic heterocycles. The number of anilines is 3. The van der Waals surface area contributed by atoms with Crippen molar-refractivity contribution in [3.05, 3.63) is 41.6 Å². The number of likely N-dealkylation sites (tertiary alicyclic amines) is 1. The Morgan fingerprint density at radius 2 is 1.96 bits per heavy atom. The molecule has 1 aliphatic rings. The van der Waals surface area contributed by atoms with Crippen molar-refractivity contribution in [3.8, 4) is 0 Å². The summed E-state index contributed by atoms with van der Waals surface area (Å²) in [4.78, 5) is 11.3. The predicted octanol–water partition coefficient (Wildman–Crippen LogP) is 3.48. The third-order valence-electron chi connectivity index (χ3n) is 4.69. The van der Waals surface area contributed by atoms with Crippen molar-refractivity contribution in [1.29, 1.82) is 0 Å². The quantitative estimate of drug-likeness (QED) is 0.598. The fourth-order valence-corrected chi connectivity index (χ4v) is 3.22. The molecular weight excluding hydrogens is 324 g/mol. The second-order valence-corrected chi connectivity index (χ2v) is 6.93. The summed E-state index contributed by atoms with van der Waals surface area (Å²) in [6.45, 7) is 7.20. The van der Waals surface area contributed by atoms with E-state index in [1.54, 1.807) is 6.20 Å². The van der Waals surface area contributed by atoms with E-state index in [9.17, 15) is 0 Å². The fourth-order valence-electron chi connectivity index (χ4n) is 3.22. The molecule has 3 rings (SSSR count). The highest BCUT2D eigenvalue weighted by Crippen LogP contribution is 2.18.